The SMILES string of the molecule is CC(=O)NCC(O)CNC1(c2cc(C)cc(C(C)(C)C)c2)CCCCC1. The zero-order valence-corrected chi connectivity index (χ0v) is 17.1. The van der Waals surface area contributed by atoms with Crippen LogP contribution in [0.4, 0.5) is 0 Å². The fourth-order valence-electron chi connectivity index (χ4n) is 3.86. The van der Waals surface area contributed by atoms with E-state index in [1.54, 1.807) is 0 Å². The molecule has 0 radical (unpaired) electrons. The second kappa shape index (κ2) is 8.53. The van der Waals surface area contributed by atoms with E-state index in [0.717, 1.165) is 12.8 Å². The Balaban J connectivity index is 2.23. The number of hydrogen-bond donors (Lipinski definition) is 3. The van der Waals surface area contributed by atoms with Gasteiger partial charge in [-0.3, -0.25) is 4.79 Å². The second-order valence-corrected chi connectivity index (χ2v) is 8.95. The van der Waals surface area contributed by atoms with Crippen molar-refractivity contribution in [2.24, 2.45) is 0 Å². The third-order valence-corrected chi connectivity index (χ3v) is 5.47. The lowest BCUT2D eigenvalue weighted by Crippen LogP contribution is -2.49. The minimum Gasteiger partial charge on any atom is -0.390 e. The van der Waals surface area contributed by atoms with Crippen LogP contribution in [-0.2, 0) is 15.7 Å². The van der Waals surface area contributed by atoms with Crippen LogP contribution in [0.5, 0.6) is 0 Å². The van der Waals surface area contributed by atoms with Gasteiger partial charge in [0.15, 0.2) is 0 Å². The number of aliphatic hydroxyl groups excluding tert-OH is 1. The van der Waals surface area contributed by atoms with Gasteiger partial charge >= 0.3 is 0 Å². The number of aliphatic hydroxyl groups is 1. The first-order valence-corrected chi connectivity index (χ1v) is 9.93. The molecule has 0 aromatic heterocycles. The molecule has 3 N–H and O–H groups in total. The van der Waals surface area contributed by atoms with E-state index in [9.17, 15) is 9.90 Å². The maximum Gasteiger partial charge on any atom is 0.216 e. The number of carbonyl (C=O) groups excluding carboxylic acids is 1. The molecular formula is C22H36N2O2. The van der Waals surface area contributed by atoms with E-state index < -0.39 is 6.10 Å². The van der Waals surface area contributed by atoms with Crippen molar-refractivity contribution in [3.63, 3.8) is 0 Å². The largest absolute Gasteiger partial charge is 0.390 e. The van der Waals surface area contributed by atoms with Crippen molar-refractivity contribution in [1.29, 1.82) is 0 Å². The Bertz CT molecular complexity index is 613. The average molecular weight is 361 g/mol. The molecule has 1 aromatic rings. The van der Waals surface area contributed by atoms with E-state index in [2.05, 4.69) is 56.5 Å². The summed E-state index contributed by atoms with van der Waals surface area (Å²) in [4.78, 5) is 11.1. The Morgan fingerprint density at radius 3 is 2.38 bits per heavy atom. The molecular weight excluding hydrogens is 324 g/mol. The first-order valence-electron chi connectivity index (χ1n) is 9.93. The number of rotatable bonds is 6. The second-order valence-electron chi connectivity index (χ2n) is 8.95. The summed E-state index contributed by atoms with van der Waals surface area (Å²) >= 11 is 0. The summed E-state index contributed by atoms with van der Waals surface area (Å²) in [6, 6.07) is 6.94. The topological polar surface area (TPSA) is 61.4 Å². The van der Waals surface area contributed by atoms with Crippen LogP contribution in [0.25, 0.3) is 0 Å². The molecule has 1 unspecified atom stereocenters. The van der Waals surface area contributed by atoms with Crippen molar-refractivity contribution in [2.75, 3.05) is 13.1 Å². The standard InChI is InChI=1S/C22H36N2O2/c1-16-11-18(21(3,4)5)13-19(12-16)22(9-7-6-8-10-22)24-15-20(26)14-23-17(2)25/h11-13,20,24,26H,6-10,14-15H2,1-5H3,(H,23,25). The Kier molecular flexibility index (Phi) is 6.86. The lowest BCUT2D eigenvalue weighted by molar-refractivity contribution is -0.119. The lowest BCUT2D eigenvalue weighted by atomic mass is 9.74. The van der Waals surface area contributed by atoms with Gasteiger partial charge in [0.2, 0.25) is 5.91 Å². The summed E-state index contributed by atoms with van der Waals surface area (Å²) in [6.45, 7) is 11.2. The summed E-state index contributed by atoms with van der Waals surface area (Å²) < 4.78 is 0. The molecule has 2 rings (SSSR count). The predicted octanol–water partition coefficient (Wildman–Crippen LogP) is 3.54. The number of benzene rings is 1. The predicted molar refractivity (Wildman–Crippen MR) is 107 cm³/mol. The highest BCUT2D eigenvalue weighted by Gasteiger charge is 2.34. The van der Waals surface area contributed by atoms with Gasteiger partial charge < -0.3 is 15.7 Å². The lowest BCUT2D eigenvalue weighted by Gasteiger charge is -2.40. The van der Waals surface area contributed by atoms with E-state index in [1.807, 2.05) is 0 Å². The fraction of sp³-hybridized carbons (Fsp3) is 0.682. The smallest absolute Gasteiger partial charge is 0.216 e. The fourth-order valence-corrected chi connectivity index (χ4v) is 3.86. The minimum atomic E-state index is -0.579. The molecule has 1 atom stereocenters. The molecule has 1 saturated carbocycles. The van der Waals surface area contributed by atoms with Crippen molar-refractivity contribution >= 4 is 5.91 Å². The minimum absolute atomic E-state index is 0.0819. The third-order valence-electron chi connectivity index (χ3n) is 5.47. The van der Waals surface area contributed by atoms with E-state index in [1.165, 1.54) is 42.9 Å². The van der Waals surface area contributed by atoms with E-state index in [0.29, 0.717) is 13.1 Å². The normalized spacial score (nSPS) is 18.4. The number of nitrogens with one attached hydrogen (secondary N) is 2. The van der Waals surface area contributed by atoms with Gasteiger partial charge in [-0.25, -0.2) is 0 Å². The molecule has 0 bridgehead atoms. The van der Waals surface area contributed by atoms with Crippen LogP contribution < -0.4 is 10.6 Å². The van der Waals surface area contributed by atoms with Crippen molar-refractivity contribution in [2.45, 2.75) is 83.8 Å². The molecule has 26 heavy (non-hydrogen) atoms. The maximum atomic E-state index is 11.1. The highest BCUT2D eigenvalue weighted by molar-refractivity contribution is 5.72. The Labute approximate surface area is 158 Å². The summed E-state index contributed by atoms with van der Waals surface area (Å²) in [7, 11) is 0. The molecule has 1 aliphatic carbocycles. The number of hydrogen-bond acceptors (Lipinski definition) is 3. The van der Waals surface area contributed by atoms with Crippen molar-refractivity contribution in [3.8, 4) is 0 Å². The van der Waals surface area contributed by atoms with Crippen LogP contribution in [0.3, 0.4) is 0 Å². The van der Waals surface area contributed by atoms with Gasteiger partial charge in [0, 0.05) is 25.6 Å². The molecule has 1 aromatic carbocycles. The molecule has 1 amide bonds. The molecule has 1 fully saturated rings. The average Bonchev–Trinajstić information content (AvgIpc) is 2.57. The molecule has 4 nitrogen and oxygen atoms in total. The van der Waals surface area contributed by atoms with Crippen molar-refractivity contribution in [1.82, 2.24) is 10.6 Å². The van der Waals surface area contributed by atoms with Gasteiger partial charge in [-0.2, -0.15) is 0 Å². The zero-order chi connectivity index (χ0) is 19.4. The van der Waals surface area contributed by atoms with E-state index in [4.69, 9.17) is 0 Å². The maximum absolute atomic E-state index is 11.1. The van der Waals surface area contributed by atoms with Crippen molar-refractivity contribution in [3.05, 3.63) is 34.9 Å². The first kappa shape index (κ1) is 20.9. The summed E-state index contributed by atoms with van der Waals surface area (Å²) in [5.41, 5.74) is 4.02. The zero-order valence-electron chi connectivity index (χ0n) is 17.1. The van der Waals surface area contributed by atoms with Gasteiger partial charge in [0.25, 0.3) is 0 Å². The van der Waals surface area contributed by atoms with Gasteiger partial charge in [0.1, 0.15) is 0 Å². The molecule has 4 heteroatoms. The highest BCUT2D eigenvalue weighted by Crippen LogP contribution is 2.39. The molecule has 146 valence electrons. The van der Waals surface area contributed by atoms with Gasteiger partial charge in [0.05, 0.1) is 6.10 Å². The van der Waals surface area contributed by atoms with Gasteiger partial charge in [-0.1, -0.05) is 63.8 Å². The van der Waals surface area contributed by atoms with Crippen LogP contribution in [0.15, 0.2) is 18.2 Å². The van der Waals surface area contributed by atoms with Crippen LogP contribution in [-0.4, -0.2) is 30.2 Å². The van der Waals surface area contributed by atoms with Crippen LogP contribution in [0.1, 0.15) is 76.5 Å². The van der Waals surface area contributed by atoms with Gasteiger partial charge in [-0.15, -0.1) is 0 Å². The first-order chi connectivity index (χ1) is 12.1. The third kappa shape index (κ3) is 5.55. The summed E-state index contributed by atoms with van der Waals surface area (Å²) in [6.07, 6.45) is 5.28. The van der Waals surface area contributed by atoms with Crippen molar-refractivity contribution < 1.29 is 9.90 Å². The monoisotopic (exact) mass is 360 g/mol. The number of aryl methyl sites for hydroxylation is 1. The molecule has 0 saturated heterocycles. The van der Waals surface area contributed by atoms with Crippen LogP contribution >= 0.6 is 0 Å². The van der Waals surface area contributed by atoms with Gasteiger partial charge in [-0.05, 0) is 36.3 Å². The van der Waals surface area contributed by atoms with E-state index >= 15 is 0 Å². The molecule has 0 heterocycles. The molecule has 0 spiro atoms. The van der Waals surface area contributed by atoms with Crippen LogP contribution in [0, 0.1) is 6.92 Å². The molecule has 0 aliphatic heterocycles. The molecule has 1 aliphatic rings. The number of carbonyl (C=O) groups is 1. The summed E-state index contributed by atoms with van der Waals surface area (Å²) in [5.74, 6) is -0.107. The Morgan fingerprint density at radius 1 is 1.15 bits per heavy atom. The highest BCUT2D eigenvalue weighted by atomic mass is 16.3. The Hall–Kier alpha value is -1.39. The summed E-state index contributed by atoms with van der Waals surface area (Å²) in [5, 5.41) is 16.6. The van der Waals surface area contributed by atoms with Crippen LogP contribution in [0.2, 0.25) is 0 Å². The van der Waals surface area contributed by atoms with E-state index in [-0.39, 0.29) is 16.9 Å². The quantitative estimate of drug-likeness (QED) is 0.727. The number of amides is 1. The Morgan fingerprint density at radius 2 is 1.81 bits per heavy atom.